The van der Waals surface area contributed by atoms with Gasteiger partial charge >= 0.3 is 0 Å². The van der Waals surface area contributed by atoms with E-state index in [1.54, 1.807) is 6.26 Å². The van der Waals surface area contributed by atoms with Crippen LogP contribution in [0.25, 0.3) is 10.8 Å². The average Bonchev–Trinajstić information content (AvgIpc) is 2.83. The van der Waals surface area contributed by atoms with Crippen LogP contribution in [0.2, 0.25) is 5.22 Å². The zero-order valence-electron chi connectivity index (χ0n) is 9.64. The SMILES string of the molecule is NC(c1ccoc1Cl)c1cccc2ccccc12. The Morgan fingerprint density at radius 1 is 0.944 bits per heavy atom. The van der Waals surface area contributed by atoms with Crippen molar-refractivity contribution in [3.05, 3.63) is 71.1 Å². The molecule has 0 aliphatic carbocycles. The summed E-state index contributed by atoms with van der Waals surface area (Å²) < 4.78 is 5.10. The van der Waals surface area contributed by atoms with Crippen molar-refractivity contribution in [2.24, 2.45) is 5.73 Å². The molecule has 1 unspecified atom stereocenters. The quantitative estimate of drug-likeness (QED) is 0.750. The van der Waals surface area contributed by atoms with Gasteiger partial charge in [0.25, 0.3) is 0 Å². The molecule has 2 nitrogen and oxygen atoms in total. The van der Waals surface area contributed by atoms with Crippen molar-refractivity contribution in [3.8, 4) is 0 Å². The molecule has 0 saturated heterocycles. The van der Waals surface area contributed by atoms with Crippen molar-refractivity contribution >= 4 is 22.4 Å². The number of hydrogen-bond donors (Lipinski definition) is 1. The predicted molar refractivity (Wildman–Crippen MR) is 73.7 cm³/mol. The monoisotopic (exact) mass is 257 g/mol. The van der Waals surface area contributed by atoms with Gasteiger partial charge in [0.2, 0.25) is 0 Å². The molecule has 1 atom stereocenters. The Morgan fingerprint density at radius 2 is 1.72 bits per heavy atom. The van der Waals surface area contributed by atoms with E-state index < -0.39 is 0 Å². The van der Waals surface area contributed by atoms with Gasteiger partial charge in [0, 0.05) is 5.56 Å². The van der Waals surface area contributed by atoms with Crippen LogP contribution in [0, 0.1) is 0 Å². The van der Waals surface area contributed by atoms with Crippen molar-refractivity contribution in [3.63, 3.8) is 0 Å². The molecule has 0 bridgehead atoms. The smallest absolute Gasteiger partial charge is 0.198 e. The lowest BCUT2D eigenvalue weighted by atomic mass is 9.96. The molecule has 2 N–H and O–H groups in total. The molecule has 3 aromatic rings. The number of nitrogens with two attached hydrogens (primary N) is 1. The van der Waals surface area contributed by atoms with Crippen molar-refractivity contribution < 1.29 is 4.42 Å². The third-order valence-corrected chi connectivity index (χ3v) is 3.45. The summed E-state index contributed by atoms with van der Waals surface area (Å²) >= 11 is 5.99. The van der Waals surface area contributed by atoms with Gasteiger partial charge in [-0.3, -0.25) is 0 Å². The molecule has 3 heteroatoms. The minimum absolute atomic E-state index is 0.276. The van der Waals surface area contributed by atoms with E-state index >= 15 is 0 Å². The Kier molecular flexibility index (Phi) is 2.82. The van der Waals surface area contributed by atoms with Crippen LogP contribution in [0.4, 0.5) is 0 Å². The Balaban J connectivity index is 2.18. The fourth-order valence-electron chi connectivity index (χ4n) is 2.22. The van der Waals surface area contributed by atoms with E-state index in [0.717, 1.165) is 16.5 Å². The summed E-state index contributed by atoms with van der Waals surface area (Å²) in [6, 6.07) is 15.8. The van der Waals surface area contributed by atoms with Gasteiger partial charge < -0.3 is 10.2 Å². The molecule has 0 aliphatic rings. The van der Waals surface area contributed by atoms with Gasteiger partial charge in [0.05, 0.1) is 12.3 Å². The molecule has 1 heterocycles. The maximum Gasteiger partial charge on any atom is 0.198 e. The molecule has 90 valence electrons. The first-order valence-electron chi connectivity index (χ1n) is 5.73. The third kappa shape index (κ3) is 1.80. The fourth-order valence-corrected chi connectivity index (χ4v) is 2.45. The highest BCUT2D eigenvalue weighted by Gasteiger charge is 2.16. The van der Waals surface area contributed by atoms with Crippen LogP contribution in [-0.4, -0.2) is 0 Å². The molecule has 0 radical (unpaired) electrons. The highest BCUT2D eigenvalue weighted by Crippen LogP contribution is 2.31. The zero-order valence-corrected chi connectivity index (χ0v) is 10.4. The molecule has 0 amide bonds. The maximum atomic E-state index is 6.28. The number of furan rings is 1. The molecule has 0 aliphatic heterocycles. The third-order valence-electron chi connectivity index (χ3n) is 3.14. The highest BCUT2D eigenvalue weighted by atomic mass is 35.5. The minimum atomic E-state index is -0.276. The van der Waals surface area contributed by atoms with Crippen molar-refractivity contribution in [1.82, 2.24) is 0 Å². The summed E-state index contributed by atoms with van der Waals surface area (Å²) in [4.78, 5) is 0. The van der Waals surface area contributed by atoms with Gasteiger partial charge in [0.1, 0.15) is 0 Å². The van der Waals surface area contributed by atoms with Crippen LogP contribution in [0.1, 0.15) is 17.2 Å². The molecule has 0 saturated carbocycles. The molecule has 2 aromatic carbocycles. The molecule has 0 fully saturated rings. The van der Waals surface area contributed by atoms with Crippen molar-refractivity contribution in [2.45, 2.75) is 6.04 Å². The Bertz CT molecular complexity index is 684. The number of benzene rings is 2. The lowest BCUT2D eigenvalue weighted by molar-refractivity contribution is 0.564. The van der Waals surface area contributed by atoms with Crippen LogP contribution in [0.3, 0.4) is 0 Å². The Hall–Kier alpha value is -1.77. The molecule has 3 rings (SSSR count). The van der Waals surface area contributed by atoms with E-state index in [1.165, 1.54) is 5.39 Å². The van der Waals surface area contributed by atoms with Gasteiger partial charge in [-0.2, -0.15) is 0 Å². The van der Waals surface area contributed by atoms with Crippen LogP contribution < -0.4 is 5.73 Å². The second-order valence-electron chi connectivity index (χ2n) is 4.20. The number of fused-ring (bicyclic) bond motifs is 1. The minimum Gasteiger partial charge on any atom is -0.453 e. The summed E-state index contributed by atoms with van der Waals surface area (Å²) in [5.74, 6) is 0. The second kappa shape index (κ2) is 4.48. The Morgan fingerprint density at radius 3 is 2.50 bits per heavy atom. The van der Waals surface area contributed by atoms with E-state index in [2.05, 4.69) is 18.2 Å². The van der Waals surface area contributed by atoms with Crippen LogP contribution in [-0.2, 0) is 0 Å². The maximum absolute atomic E-state index is 6.28. The normalized spacial score (nSPS) is 12.8. The van der Waals surface area contributed by atoms with E-state index in [1.807, 2.05) is 30.3 Å². The topological polar surface area (TPSA) is 39.2 Å². The van der Waals surface area contributed by atoms with Crippen LogP contribution >= 0.6 is 11.6 Å². The van der Waals surface area contributed by atoms with Crippen LogP contribution in [0.5, 0.6) is 0 Å². The van der Waals surface area contributed by atoms with Crippen molar-refractivity contribution in [1.29, 1.82) is 0 Å². The highest BCUT2D eigenvalue weighted by molar-refractivity contribution is 6.29. The average molecular weight is 258 g/mol. The molecular weight excluding hydrogens is 246 g/mol. The van der Waals surface area contributed by atoms with Gasteiger partial charge in [0.15, 0.2) is 5.22 Å². The second-order valence-corrected chi connectivity index (χ2v) is 4.54. The van der Waals surface area contributed by atoms with E-state index in [0.29, 0.717) is 5.22 Å². The molecule has 1 aromatic heterocycles. The zero-order chi connectivity index (χ0) is 12.5. The standard InChI is InChI=1S/C15H12ClNO/c16-15-13(8-9-18-15)14(17)12-7-3-5-10-4-1-2-6-11(10)12/h1-9,14H,17H2. The van der Waals surface area contributed by atoms with E-state index in [9.17, 15) is 0 Å². The van der Waals surface area contributed by atoms with Gasteiger partial charge in [-0.25, -0.2) is 0 Å². The first kappa shape index (κ1) is 11.3. The Labute approximate surface area is 110 Å². The fraction of sp³-hybridized carbons (Fsp3) is 0.0667. The van der Waals surface area contributed by atoms with E-state index in [-0.39, 0.29) is 6.04 Å². The van der Waals surface area contributed by atoms with E-state index in [4.69, 9.17) is 21.8 Å². The van der Waals surface area contributed by atoms with Gasteiger partial charge in [-0.1, -0.05) is 42.5 Å². The predicted octanol–water partition coefficient (Wildman–Crippen LogP) is 4.13. The largest absolute Gasteiger partial charge is 0.453 e. The van der Waals surface area contributed by atoms with Crippen molar-refractivity contribution in [2.75, 3.05) is 0 Å². The summed E-state index contributed by atoms with van der Waals surface area (Å²) in [6.45, 7) is 0. The summed E-state index contributed by atoms with van der Waals surface area (Å²) in [5, 5.41) is 2.67. The first-order valence-corrected chi connectivity index (χ1v) is 6.11. The van der Waals surface area contributed by atoms with Gasteiger partial charge in [-0.05, 0) is 34.0 Å². The first-order chi connectivity index (χ1) is 8.77. The van der Waals surface area contributed by atoms with Gasteiger partial charge in [-0.15, -0.1) is 0 Å². The lowest BCUT2D eigenvalue weighted by Gasteiger charge is -2.13. The molecule has 0 spiro atoms. The number of halogens is 1. The summed E-state index contributed by atoms with van der Waals surface area (Å²) in [5.41, 5.74) is 8.15. The number of hydrogen-bond acceptors (Lipinski definition) is 2. The number of rotatable bonds is 2. The lowest BCUT2D eigenvalue weighted by Crippen LogP contribution is -2.11. The molecular formula is C15H12ClNO. The summed E-state index contributed by atoms with van der Waals surface area (Å²) in [7, 11) is 0. The molecule has 18 heavy (non-hydrogen) atoms. The van der Waals surface area contributed by atoms with Crippen LogP contribution in [0.15, 0.2) is 59.2 Å². The summed E-state index contributed by atoms with van der Waals surface area (Å²) in [6.07, 6.45) is 1.56.